The van der Waals surface area contributed by atoms with E-state index in [0.29, 0.717) is 11.3 Å². The zero-order valence-corrected chi connectivity index (χ0v) is 12.2. The molecule has 96 valence electrons. The molecule has 19 heavy (non-hydrogen) atoms. The molecule has 2 aromatic carbocycles. The SMILES string of the molecule is CN(Cc1ccccc1Br)c1ccc(N)cc1C#N. The highest BCUT2D eigenvalue weighted by atomic mass is 79.9. The third-order valence-electron chi connectivity index (χ3n) is 2.92. The molecule has 2 aromatic rings. The van der Waals surface area contributed by atoms with Gasteiger partial charge in [-0.15, -0.1) is 0 Å². The third-order valence-corrected chi connectivity index (χ3v) is 3.69. The lowest BCUT2D eigenvalue weighted by molar-refractivity contribution is 0.916. The van der Waals surface area contributed by atoms with E-state index in [4.69, 9.17) is 5.73 Å². The van der Waals surface area contributed by atoms with Gasteiger partial charge in [0, 0.05) is 23.8 Å². The molecule has 0 spiro atoms. The second-order valence-corrected chi connectivity index (χ2v) is 5.19. The maximum absolute atomic E-state index is 9.17. The fourth-order valence-corrected chi connectivity index (χ4v) is 2.35. The topological polar surface area (TPSA) is 53.0 Å². The molecule has 0 fully saturated rings. The summed E-state index contributed by atoms with van der Waals surface area (Å²) in [5, 5.41) is 9.17. The van der Waals surface area contributed by atoms with Crippen molar-refractivity contribution in [2.75, 3.05) is 17.7 Å². The highest BCUT2D eigenvalue weighted by Crippen LogP contribution is 2.25. The number of hydrogen-bond acceptors (Lipinski definition) is 3. The Balaban J connectivity index is 2.28. The van der Waals surface area contributed by atoms with E-state index in [0.717, 1.165) is 16.7 Å². The predicted molar refractivity (Wildman–Crippen MR) is 81.8 cm³/mol. The van der Waals surface area contributed by atoms with E-state index < -0.39 is 0 Å². The molecule has 3 nitrogen and oxygen atoms in total. The molecular weight excluding hydrogens is 302 g/mol. The van der Waals surface area contributed by atoms with Gasteiger partial charge >= 0.3 is 0 Å². The molecule has 0 saturated carbocycles. The molecule has 2 rings (SSSR count). The molecule has 0 bridgehead atoms. The van der Waals surface area contributed by atoms with Gasteiger partial charge in [0.2, 0.25) is 0 Å². The minimum Gasteiger partial charge on any atom is -0.399 e. The van der Waals surface area contributed by atoms with Crippen molar-refractivity contribution in [2.45, 2.75) is 6.54 Å². The van der Waals surface area contributed by atoms with Crippen LogP contribution in [0.3, 0.4) is 0 Å². The number of rotatable bonds is 3. The number of nitrogens with zero attached hydrogens (tertiary/aromatic N) is 2. The Kier molecular flexibility index (Phi) is 4.08. The van der Waals surface area contributed by atoms with Gasteiger partial charge in [0.15, 0.2) is 0 Å². The quantitative estimate of drug-likeness (QED) is 0.881. The average Bonchev–Trinajstić information content (AvgIpc) is 2.41. The van der Waals surface area contributed by atoms with Crippen molar-refractivity contribution in [3.63, 3.8) is 0 Å². The number of nitrogens with two attached hydrogens (primary N) is 1. The Hall–Kier alpha value is -1.99. The van der Waals surface area contributed by atoms with E-state index in [1.165, 1.54) is 5.56 Å². The van der Waals surface area contributed by atoms with Gasteiger partial charge < -0.3 is 10.6 Å². The molecule has 0 aliphatic carbocycles. The first-order valence-electron chi connectivity index (χ1n) is 5.86. The van der Waals surface area contributed by atoms with E-state index in [1.807, 2.05) is 42.3 Å². The summed E-state index contributed by atoms with van der Waals surface area (Å²) in [4.78, 5) is 2.04. The third kappa shape index (κ3) is 3.07. The van der Waals surface area contributed by atoms with Gasteiger partial charge in [0.1, 0.15) is 6.07 Å². The second kappa shape index (κ2) is 5.77. The van der Waals surface area contributed by atoms with E-state index in [9.17, 15) is 5.26 Å². The van der Waals surface area contributed by atoms with Crippen LogP contribution in [0.25, 0.3) is 0 Å². The second-order valence-electron chi connectivity index (χ2n) is 4.34. The summed E-state index contributed by atoms with van der Waals surface area (Å²) in [7, 11) is 1.96. The van der Waals surface area contributed by atoms with Crippen LogP contribution in [0.1, 0.15) is 11.1 Å². The Morgan fingerprint density at radius 3 is 2.68 bits per heavy atom. The zero-order chi connectivity index (χ0) is 13.8. The van der Waals surface area contributed by atoms with Crippen LogP contribution in [0.5, 0.6) is 0 Å². The molecule has 0 heterocycles. The molecule has 0 unspecified atom stereocenters. The molecule has 4 heteroatoms. The van der Waals surface area contributed by atoms with Crippen LogP contribution in [-0.4, -0.2) is 7.05 Å². The molecule has 0 aromatic heterocycles. The van der Waals surface area contributed by atoms with Gasteiger partial charge in [0.25, 0.3) is 0 Å². The number of hydrogen-bond donors (Lipinski definition) is 1. The van der Waals surface area contributed by atoms with E-state index in [1.54, 1.807) is 6.07 Å². The fraction of sp³-hybridized carbons (Fsp3) is 0.133. The molecule has 0 aliphatic heterocycles. The summed E-state index contributed by atoms with van der Waals surface area (Å²) < 4.78 is 1.07. The summed E-state index contributed by atoms with van der Waals surface area (Å²) in [6, 6.07) is 15.6. The monoisotopic (exact) mass is 315 g/mol. The summed E-state index contributed by atoms with van der Waals surface area (Å²) in [6.45, 7) is 0.722. The lowest BCUT2D eigenvalue weighted by atomic mass is 10.1. The van der Waals surface area contributed by atoms with E-state index >= 15 is 0 Å². The highest BCUT2D eigenvalue weighted by Gasteiger charge is 2.09. The van der Waals surface area contributed by atoms with Gasteiger partial charge in [-0.25, -0.2) is 0 Å². The zero-order valence-electron chi connectivity index (χ0n) is 10.6. The first-order chi connectivity index (χ1) is 9.11. The molecular formula is C15H14BrN3. The minimum absolute atomic E-state index is 0.592. The number of nitriles is 1. The Labute approximate surface area is 121 Å². The Morgan fingerprint density at radius 2 is 2.00 bits per heavy atom. The summed E-state index contributed by atoms with van der Waals surface area (Å²) in [5.74, 6) is 0. The van der Waals surface area contributed by atoms with E-state index in [2.05, 4.69) is 28.1 Å². The lowest BCUT2D eigenvalue weighted by Gasteiger charge is -2.21. The van der Waals surface area contributed by atoms with Crippen molar-refractivity contribution < 1.29 is 0 Å². The van der Waals surface area contributed by atoms with Crippen LogP contribution in [-0.2, 0) is 6.54 Å². The number of anilines is 2. The van der Waals surface area contributed by atoms with Crippen molar-refractivity contribution in [3.8, 4) is 6.07 Å². The number of halogens is 1. The van der Waals surface area contributed by atoms with Crippen molar-refractivity contribution in [1.82, 2.24) is 0 Å². The first kappa shape index (κ1) is 13.4. The van der Waals surface area contributed by atoms with Crippen molar-refractivity contribution in [3.05, 3.63) is 58.1 Å². The van der Waals surface area contributed by atoms with Crippen LogP contribution in [0.2, 0.25) is 0 Å². The summed E-state index contributed by atoms with van der Waals surface area (Å²) in [6.07, 6.45) is 0. The summed E-state index contributed by atoms with van der Waals surface area (Å²) >= 11 is 3.53. The van der Waals surface area contributed by atoms with Crippen LogP contribution < -0.4 is 10.6 Å². The highest BCUT2D eigenvalue weighted by molar-refractivity contribution is 9.10. The van der Waals surface area contributed by atoms with Gasteiger partial charge in [-0.1, -0.05) is 34.1 Å². The molecule has 0 aliphatic rings. The first-order valence-corrected chi connectivity index (χ1v) is 6.65. The van der Waals surface area contributed by atoms with Crippen LogP contribution in [0.15, 0.2) is 46.9 Å². The van der Waals surface area contributed by atoms with Crippen LogP contribution in [0, 0.1) is 11.3 Å². The van der Waals surface area contributed by atoms with Gasteiger partial charge in [-0.3, -0.25) is 0 Å². The smallest absolute Gasteiger partial charge is 0.101 e. The molecule has 0 saturated heterocycles. The van der Waals surface area contributed by atoms with Crippen molar-refractivity contribution in [2.24, 2.45) is 0 Å². The average molecular weight is 316 g/mol. The largest absolute Gasteiger partial charge is 0.399 e. The van der Waals surface area contributed by atoms with Crippen molar-refractivity contribution in [1.29, 1.82) is 5.26 Å². The molecule has 2 N–H and O–H groups in total. The van der Waals surface area contributed by atoms with Gasteiger partial charge in [-0.05, 0) is 29.8 Å². The van der Waals surface area contributed by atoms with Gasteiger partial charge in [0.05, 0.1) is 11.3 Å². The predicted octanol–water partition coefficient (Wildman–Crippen LogP) is 3.54. The fourth-order valence-electron chi connectivity index (χ4n) is 1.94. The molecule has 0 radical (unpaired) electrons. The molecule has 0 amide bonds. The maximum atomic E-state index is 9.17. The van der Waals surface area contributed by atoms with Gasteiger partial charge in [-0.2, -0.15) is 5.26 Å². The standard InChI is InChI=1S/C15H14BrN3/c1-19(10-11-4-2-3-5-14(11)16)15-7-6-13(18)8-12(15)9-17/h2-8H,10,18H2,1H3. The lowest BCUT2D eigenvalue weighted by Crippen LogP contribution is -2.17. The normalized spacial score (nSPS) is 9.95. The van der Waals surface area contributed by atoms with Crippen LogP contribution in [0.4, 0.5) is 11.4 Å². The number of nitrogen functional groups attached to an aromatic ring is 1. The minimum atomic E-state index is 0.592. The Morgan fingerprint density at radius 1 is 1.26 bits per heavy atom. The van der Waals surface area contributed by atoms with Crippen LogP contribution >= 0.6 is 15.9 Å². The summed E-state index contributed by atoms with van der Waals surface area (Å²) in [5.41, 5.74) is 8.95. The number of benzene rings is 2. The Bertz CT molecular complexity index is 632. The maximum Gasteiger partial charge on any atom is 0.101 e. The van der Waals surface area contributed by atoms with Crippen molar-refractivity contribution >= 4 is 27.3 Å². The molecule has 0 atom stereocenters. The van der Waals surface area contributed by atoms with E-state index in [-0.39, 0.29) is 0 Å².